The van der Waals surface area contributed by atoms with Crippen molar-refractivity contribution in [2.45, 2.75) is 13.3 Å². The van der Waals surface area contributed by atoms with Crippen molar-refractivity contribution in [3.05, 3.63) is 78.1 Å². The van der Waals surface area contributed by atoms with Gasteiger partial charge in [-0.15, -0.1) is 0 Å². The Kier molecular flexibility index (Phi) is 5.46. The second kappa shape index (κ2) is 8.15. The lowest BCUT2D eigenvalue weighted by atomic mass is 10.2. The van der Waals surface area contributed by atoms with Crippen LogP contribution in [0.1, 0.15) is 11.1 Å². The fourth-order valence-corrected chi connectivity index (χ4v) is 2.41. The molecule has 0 aliphatic rings. The third-order valence-corrected chi connectivity index (χ3v) is 3.61. The molecule has 0 saturated heterocycles. The molecule has 0 aliphatic heterocycles. The van der Waals surface area contributed by atoms with Gasteiger partial charge in [-0.05, 0) is 36.8 Å². The third kappa shape index (κ3) is 4.94. The molecule has 0 spiro atoms. The minimum Gasteiger partial charge on any atom is -0.490 e. The first kappa shape index (κ1) is 16.8. The molecule has 3 rings (SSSR count). The molecule has 0 radical (unpaired) electrons. The fourth-order valence-electron chi connectivity index (χ4n) is 2.41. The van der Waals surface area contributed by atoms with Crippen LogP contribution in [0.25, 0.3) is 5.69 Å². The first-order valence-electron chi connectivity index (χ1n) is 8.15. The van der Waals surface area contributed by atoms with E-state index in [0.29, 0.717) is 6.61 Å². The number of hydrogen-bond acceptors (Lipinski definition) is 4. The van der Waals surface area contributed by atoms with E-state index in [1.54, 1.807) is 10.9 Å². The van der Waals surface area contributed by atoms with Crippen LogP contribution in [0.15, 0.2) is 67.0 Å². The van der Waals surface area contributed by atoms with Crippen molar-refractivity contribution in [1.82, 2.24) is 9.78 Å². The zero-order valence-corrected chi connectivity index (χ0v) is 14.1. The van der Waals surface area contributed by atoms with Gasteiger partial charge < -0.3 is 9.47 Å². The molecule has 0 aliphatic carbocycles. The van der Waals surface area contributed by atoms with Crippen LogP contribution in [0.5, 0.6) is 5.75 Å². The lowest BCUT2D eigenvalue weighted by Crippen LogP contribution is -2.13. The van der Waals surface area contributed by atoms with Gasteiger partial charge in [0.05, 0.1) is 18.3 Å². The van der Waals surface area contributed by atoms with Gasteiger partial charge in [-0.25, -0.2) is 4.68 Å². The maximum atomic E-state index is 11.9. The van der Waals surface area contributed by atoms with Gasteiger partial charge >= 0.3 is 5.97 Å². The topological polar surface area (TPSA) is 53.4 Å². The summed E-state index contributed by atoms with van der Waals surface area (Å²) in [6.45, 7) is 2.56. The van der Waals surface area contributed by atoms with Crippen molar-refractivity contribution in [2.24, 2.45) is 0 Å². The molecule has 128 valence electrons. The number of carbonyl (C=O) groups is 1. The molecule has 5 nitrogen and oxygen atoms in total. The lowest BCUT2D eigenvalue weighted by molar-refractivity contribution is -0.143. The van der Waals surface area contributed by atoms with E-state index in [9.17, 15) is 4.79 Å². The van der Waals surface area contributed by atoms with Crippen LogP contribution in [0.2, 0.25) is 0 Å². The number of benzene rings is 2. The highest BCUT2D eigenvalue weighted by molar-refractivity contribution is 5.72. The molecule has 0 N–H and O–H groups in total. The number of ether oxygens (including phenoxy) is 2. The Labute approximate surface area is 146 Å². The highest BCUT2D eigenvalue weighted by Gasteiger charge is 2.08. The van der Waals surface area contributed by atoms with E-state index >= 15 is 0 Å². The number of esters is 1. The zero-order chi connectivity index (χ0) is 17.5. The number of rotatable bonds is 7. The number of aromatic nitrogens is 2. The Hall–Kier alpha value is -3.08. The molecule has 1 aromatic heterocycles. The summed E-state index contributed by atoms with van der Waals surface area (Å²) < 4.78 is 12.5. The standard InChI is InChI=1S/C20H20N2O3/c1-16-6-5-9-19(12-16)24-10-11-25-20(23)13-17-14-21-22(15-17)18-7-3-2-4-8-18/h2-9,12,14-15H,10-11,13H2,1H3. The van der Waals surface area contributed by atoms with Crippen LogP contribution in [0.3, 0.4) is 0 Å². The first-order chi connectivity index (χ1) is 12.2. The molecule has 5 heteroatoms. The van der Waals surface area contributed by atoms with Crippen LogP contribution in [0, 0.1) is 6.92 Å². The minimum atomic E-state index is -0.291. The molecule has 0 fully saturated rings. The van der Waals surface area contributed by atoms with Crippen molar-refractivity contribution in [3.8, 4) is 11.4 Å². The summed E-state index contributed by atoms with van der Waals surface area (Å²) >= 11 is 0. The Balaban J connectivity index is 1.43. The minimum absolute atomic E-state index is 0.192. The quantitative estimate of drug-likeness (QED) is 0.490. The van der Waals surface area contributed by atoms with Gasteiger partial charge in [-0.2, -0.15) is 5.10 Å². The van der Waals surface area contributed by atoms with Crippen molar-refractivity contribution in [1.29, 1.82) is 0 Å². The van der Waals surface area contributed by atoms with E-state index in [2.05, 4.69) is 5.10 Å². The fraction of sp³-hybridized carbons (Fsp3) is 0.200. The predicted octanol–water partition coefficient (Wildman–Crippen LogP) is 3.35. The highest BCUT2D eigenvalue weighted by Crippen LogP contribution is 2.12. The van der Waals surface area contributed by atoms with Crippen LogP contribution >= 0.6 is 0 Å². The molecular weight excluding hydrogens is 316 g/mol. The third-order valence-electron chi connectivity index (χ3n) is 3.61. The van der Waals surface area contributed by atoms with E-state index in [4.69, 9.17) is 9.47 Å². The molecule has 25 heavy (non-hydrogen) atoms. The van der Waals surface area contributed by atoms with Gasteiger partial charge in [-0.1, -0.05) is 30.3 Å². The summed E-state index contributed by atoms with van der Waals surface area (Å²) in [4.78, 5) is 11.9. The Bertz CT molecular complexity index is 828. The summed E-state index contributed by atoms with van der Waals surface area (Å²) in [6, 6.07) is 17.5. The van der Waals surface area contributed by atoms with Crippen molar-refractivity contribution < 1.29 is 14.3 Å². The van der Waals surface area contributed by atoms with E-state index in [1.165, 1.54) is 0 Å². The Morgan fingerprint density at radius 3 is 2.72 bits per heavy atom. The number of aryl methyl sites for hydroxylation is 1. The highest BCUT2D eigenvalue weighted by atomic mass is 16.6. The molecule has 2 aromatic carbocycles. The summed E-state index contributed by atoms with van der Waals surface area (Å²) in [5.74, 6) is 0.487. The zero-order valence-electron chi connectivity index (χ0n) is 14.1. The second-order valence-electron chi connectivity index (χ2n) is 5.69. The average Bonchev–Trinajstić information content (AvgIpc) is 3.08. The van der Waals surface area contributed by atoms with Crippen LogP contribution in [-0.4, -0.2) is 29.0 Å². The maximum Gasteiger partial charge on any atom is 0.310 e. The maximum absolute atomic E-state index is 11.9. The number of nitrogens with zero attached hydrogens (tertiary/aromatic N) is 2. The average molecular weight is 336 g/mol. The van der Waals surface area contributed by atoms with Gasteiger partial charge in [0.1, 0.15) is 19.0 Å². The second-order valence-corrected chi connectivity index (χ2v) is 5.69. The molecule has 0 bridgehead atoms. The van der Waals surface area contributed by atoms with Gasteiger partial charge in [0, 0.05) is 11.8 Å². The normalized spacial score (nSPS) is 10.4. The summed E-state index contributed by atoms with van der Waals surface area (Å²) in [5.41, 5.74) is 2.90. The number of para-hydroxylation sites is 1. The summed E-state index contributed by atoms with van der Waals surface area (Å²) in [7, 11) is 0. The van der Waals surface area contributed by atoms with Crippen molar-refractivity contribution >= 4 is 5.97 Å². The van der Waals surface area contributed by atoms with Gasteiger partial charge in [-0.3, -0.25) is 4.79 Å². The summed E-state index contributed by atoms with van der Waals surface area (Å²) in [6.07, 6.45) is 3.70. The molecule has 0 atom stereocenters. The smallest absolute Gasteiger partial charge is 0.310 e. The molecule has 0 amide bonds. The molecule has 0 saturated carbocycles. The van der Waals surface area contributed by atoms with Crippen LogP contribution in [-0.2, 0) is 16.0 Å². The van der Waals surface area contributed by atoms with Crippen molar-refractivity contribution in [2.75, 3.05) is 13.2 Å². The van der Waals surface area contributed by atoms with E-state index in [1.807, 2.05) is 67.7 Å². The Morgan fingerprint density at radius 2 is 1.92 bits per heavy atom. The van der Waals surface area contributed by atoms with Crippen LogP contribution < -0.4 is 4.74 Å². The largest absolute Gasteiger partial charge is 0.490 e. The van der Waals surface area contributed by atoms with Gasteiger partial charge in [0.25, 0.3) is 0 Å². The van der Waals surface area contributed by atoms with Gasteiger partial charge in [0.15, 0.2) is 0 Å². The first-order valence-corrected chi connectivity index (χ1v) is 8.15. The van der Waals surface area contributed by atoms with E-state index < -0.39 is 0 Å². The lowest BCUT2D eigenvalue weighted by Gasteiger charge is -2.07. The monoisotopic (exact) mass is 336 g/mol. The molecule has 0 unspecified atom stereocenters. The SMILES string of the molecule is Cc1cccc(OCCOC(=O)Cc2cnn(-c3ccccc3)c2)c1. The summed E-state index contributed by atoms with van der Waals surface area (Å²) in [5, 5.41) is 4.27. The number of hydrogen-bond donors (Lipinski definition) is 0. The Morgan fingerprint density at radius 1 is 1.08 bits per heavy atom. The predicted molar refractivity (Wildman–Crippen MR) is 94.9 cm³/mol. The molecule has 3 aromatic rings. The van der Waals surface area contributed by atoms with E-state index in [-0.39, 0.29) is 19.0 Å². The van der Waals surface area contributed by atoms with E-state index in [0.717, 1.165) is 22.6 Å². The van der Waals surface area contributed by atoms with Crippen LogP contribution in [0.4, 0.5) is 0 Å². The van der Waals surface area contributed by atoms with Gasteiger partial charge in [0.2, 0.25) is 0 Å². The molecule has 1 heterocycles. The molecular formula is C20H20N2O3. The number of carbonyl (C=O) groups excluding carboxylic acids is 1. The van der Waals surface area contributed by atoms with Crippen molar-refractivity contribution in [3.63, 3.8) is 0 Å².